The Bertz CT molecular complexity index is 1180. The zero-order valence-electron chi connectivity index (χ0n) is 16.1. The van der Waals surface area contributed by atoms with Crippen LogP contribution < -0.4 is 21.3 Å². The standard InChI is InChI=1S/C20H21FN4O3/c1-23(2)15-11-17-16(24(3)19(27)20(28)25(17)4)10-14(15)22-18(26)9-12-5-7-13(21)8-6-12/h5-8,10-11H,9H2,1-4H3,(H,22,26). The molecule has 7 nitrogen and oxygen atoms in total. The van der Waals surface area contributed by atoms with Crippen LogP contribution in [0.1, 0.15) is 5.56 Å². The summed E-state index contributed by atoms with van der Waals surface area (Å²) in [5.41, 5.74) is 1.72. The van der Waals surface area contributed by atoms with Crippen LogP contribution in [0.3, 0.4) is 0 Å². The predicted molar refractivity (Wildman–Crippen MR) is 107 cm³/mol. The minimum atomic E-state index is -0.642. The van der Waals surface area contributed by atoms with Gasteiger partial charge in [-0.1, -0.05) is 12.1 Å². The van der Waals surface area contributed by atoms with Crippen molar-refractivity contribution in [3.05, 3.63) is 68.5 Å². The molecule has 8 heteroatoms. The Labute approximate surface area is 160 Å². The lowest BCUT2D eigenvalue weighted by Crippen LogP contribution is -2.39. The van der Waals surface area contributed by atoms with Crippen LogP contribution in [0.2, 0.25) is 0 Å². The molecule has 0 spiro atoms. The number of nitrogens with one attached hydrogen (secondary N) is 1. The van der Waals surface area contributed by atoms with Crippen LogP contribution >= 0.6 is 0 Å². The molecule has 0 aliphatic heterocycles. The number of amides is 1. The van der Waals surface area contributed by atoms with Crippen molar-refractivity contribution in [3.63, 3.8) is 0 Å². The quantitative estimate of drug-likeness (QED) is 0.694. The van der Waals surface area contributed by atoms with Crippen molar-refractivity contribution in [3.8, 4) is 0 Å². The minimum absolute atomic E-state index is 0.0807. The second-order valence-electron chi connectivity index (χ2n) is 6.83. The number of carbonyl (C=O) groups is 1. The van der Waals surface area contributed by atoms with E-state index in [9.17, 15) is 18.8 Å². The van der Waals surface area contributed by atoms with Crippen molar-refractivity contribution in [2.24, 2.45) is 14.1 Å². The molecule has 2 aromatic carbocycles. The predicted octanol–water partition coefficient (Wildman–Crippen LogP) is 1.62. The topological polar surface area (TPSA) is 76.3 Å². The number of hydrogen-bond donors (Lipinski definition) is 1. The number of benzene rings is 2. The van der Waals surface area contributed by atoms with E-state index >= 15 is 0 Å². The molecule has 0 radical (unpaired) electrons. The Hall–Kier alpha value is -3.42. The molecule has 0 atom stereocenters. The van der Waals surface area contributed by atoms with Crippen molar-refractivity contribution in [2.75, 3.05) is 24.3 Å². The van der Waals surface area contributed by atoms with Crippen LogP contribution in [0.5, 0.6) is 0 Å². The van der Waals surface area contributed by atoms with Gasteiger partial charge >= 0.3 is 11.1 Å². The monoisotopic (exact) mass is 384 g/mol. The first-order chi connectivity index (χ1) is 13.2. The number of carbonyl (C=O) groups excluding carboxylic acids is 1. The van der Waals surface area contributed by atoms with Crippen LogP contribution in [0.15, 0.2) is 46.0 Å². The van der Waals surface area contributed by atoms with Gasteiger partial charge in [0.15, 0.2) is 0 Å². The molecule has 1 aromatic heterocycles. The number of anilines is 2. The van der Waals surface area contributed by atoms with Gasteiger partial charge in [-0.3, -0.25) is 14.4 Å². The molecule has 146 valence electrons. The molecule has 0 aliphatic rings. The summed E-state index contributed by atoms with van der Waals surface area (Å²) in [4.78, 5) is 38.5. The first kappa shape index (κ1) is 19.3. The smallest absolute Gasteiger partial charge is 0.316 e. The molecule has 1 amide bonds. The summed E-state index contributed by atoms with van der Waals surface area (Å²) in [5, 5.41) is 2.85. The van der Waals surface area contributed by atoms with Crippen LogP contribution in [0.4, 0.5) is 15.8 Å². The number of rotatable bonds is 4. The van der Waals surface area contributed by atoms with Crippen LogP contribution in [0.25, 0.3) is 11.0 Å². The maximum atomic E-state index is 13.0. The van der Waals surface area contributed by atoms with E-state index in [-0.39, 0.29) is 18.1 Å². The van der Waals surface area contributed by atoms with Gasteiger partial charge in [0, 0.05) is 28.2 Å². The number of halogens is 1. The van der Waals surface area contributed by atoms with E-state index in [1.54, 1.807) is 24.3 Å². The average molecular weight is 384 g/mol. The largest absolute Gasteiger partial charge is 0.376 e. The van der Waals surface area contributed by atoms with Gasteiger partial charge in [0.05, 0.1) is 28.8 Å². The lowest BCUT2D eigenvalue weighted by molar-refractivity contribution is -0.115. The van der Waals surface area contributed by atoms with Crippen molar-refractivity contribution in [1.82, 2.24) is 9.13 Å². The van der Waals surface area contributed by atoms with Gasteiger partial charge in [0.1, 0.15) is 5.82 Å². The van der Waals surface area contributed by atoms with Gasteiger partial charge < -0.3 is 19.4 Å². The second-order valence-corrected chi connectivity index (χ2v) is 6.83. The fourth-order valence-corrected chi connectivity index (χ4v) is 3.06. The van der Waals surface area contributed by atoms with Gasteiger partial charge in [0.2, 0.25) is 5.91 Å². The molecule has 0 saturated heterocycles. The highest BCUT2D eigenvalue weighted by Crippen LogP contribution is 2.29. The van der Waals surface area contributed by atoms with E-state index in [0.29, 0.717) is 28.0 Å². The van der Waals surface area contributed by atoms with E-state index < -0.39 is 11.1 Å². The van der Waals surface area contributed by atoms with E-state index in [0.717, 1.165) is 0 Å². The Kier molecular flexibility index (Phi) is 5.04. The maximum Gasteiger partial charge on any atom is 0.316 e. The first-order valence-corrected chi connectivity index (χ1v) is 8.64. The number of aromatic nitrogens is 2. The summed E-state index contributed by atoms with van der Waals surface area (Å²) in [5.74, 6) is -0.635. The maximum absolute atomic E-state index is 13.0. The molecule has 0 fully saturated rings. The normalized spacial score (nSPS) is 10.9. The zero-order valence-corrected chi connectivity index (χ0v) is 16.1. The molecule has 1 heterocycles. The van der Waals surface area contributed by atoms with Crippen LogP contribution in [-0.2, 0) is 25.3 Å². The lowest BCUT2D eigenvalue weighted by atomic mass is 10.1. The summed E-state index contributed by atoms with van der Waals surface area (Å²) >= 11 is 0. The third-order valence-corrected chi connectivity index (χ3v) is 4.64. The van der Waals surface area contributed by atoms with E-state index in [1.807, 2.05) is 19.0 Å². The van der Waals surface area contributed by atoms with Crippen LogP contribution in [-0.4, -0.2) is 29.1 Å². The Morgan fingerprint density at radius 2 is 1.54 bits per heavy atom. The highest BCUT2D eigenvalue weighted by atomic mass is 19.1. The molecule has 28 heavy (non-hydrogen) atoms. The Morgan fingerprint density at radius 3 is 2.07 bits per heavy atom. The van der Waals surface area contributed by atoms with Crippen LogP contribution in [0, 0.1) is 5.82 Å². The third kappa shape index (κ3) is 3.53. The SMILES string of the molecule is CN(C)c1cc2c(cc1NC(=O)Cc1ccc(F)cc1)n(C)c(=O)c(=O)n2C. The molecule has 0 bridgehead atoms. The second kappa shape index (κ2) is 7.30. The molecular weight excluding hydrogens is 363 g/mol. The fraction of sp³-hybridized carbons (Fsp3) is 0.250. The van der Waals surface area contributed by atoms with Gasteiger partial charge in [0.25, 0.3) is 0 Å². The zero-order chi connectivity index (χ0) is 20.6. The number of nitrogens with zero attached hydrogens (tertiary/aromatic N) is 3. The van der Waals surface area contributed by atoms with E-state index in [1.165, 1.54) is 35.4 Å². The summed E-state index contributed by atoms with van der Waals surface area (Å²) < 4.78 is 15.6. The van der Waals surface area contributed by atoms with E-state index in [4.69, 9.17) is 0 Å². The fourth-order valence-electron chi connectivity index (χ4n) is 3.06. The van der Waals surface area contributed by atoms with Crippen molar-refractivity contribution in [2.45, 2.75) is 6.42 Å². The molecule has 0 unspecified atom stereocenters. The highest BCUT2D eigenvalue weighted by Gasteiger charge is 2.15. The molecule has 0 saturated carbocycles. The van der Waals surface area contributed by atoms with Crippen molar-refractivity contribution >= 4 is 28.3 Å². The lowest BCUT2D eigenvalue weighted by Gasteiger charge is -2.20. The van der Waals surface area contributed by atoms with Crippen molar-refractivity contribution < 1.29 is 9.18 Å². The minimum Gasteiger partial charge on any atom is -0.376 e. The number of aryl methyl sites for hydroxylation is 2. The summed E-state index contributed by atoms with van der Waals surface area (Å²) in [6, 6.07) is 9.15. The van der Waals surface area contributed by atoms with Gasteiger partial charge in [-0.15, -0.1) is 0 Å². The molecule has 3 rings (SSSR count). The highest BCUT2D eigenvalue weighted by molar-refractivity contribution is 5.99. The molecule has 0 aliphatic carbocycles. The summed E-state index contributed by atoms with van der Waals surface area (Å²) in [6.07, 6.45) is 0.0807. The third-order valence-electron chi connectivity index (χ3n) is 4.64. The molecule has 3 aromatic rings. The number of fused-ring (bicyclic) bond motifs is 1. The van der Waals surface area contributed by atoms with Gasteiger partial charge in [-0.2, -0.15) is 0 Å². The van der Waals surface area contributed by atoms with E-state index in [2.05, 4.69) is 5.32 Å². The Morgan fingerprint density at radius 1 is 1.00 bits per heavy atom. The Balaban J connectivity index is 2.05. The summed E-state index contributed by atoms with van der Waals surface area (Å²) in [6.45, 7) is 0. The van der Waals surface area contributed by atoms with Gasteiger partial charge in [-0.25, -0.2) is 4.39 Å². The first-order valence-electron chi connectivity index (χ1n) is 8.64. The number of hydrogen-bond acceptors (Lipinski definition) is 4. The average Bonchev–Trinajstić information content (AvgIpc) is 2.66. The summed E-state index contributed by atoms with van der Waals surface area (Å²) in [7, 11) is 6.69. The molecule has 1 N–H and O–H groups in total. The van der Waals surface area contributed by atoms with Gasteiger partial charge in [-0.05, 0) is 29.8 Å². The van der Waals surface area contributed by atoms with Crippen molar-refractivity contribution in [1.29, 1.82) is 0 Å². The molecular formula is C20H21FN4O3.